The van der Waals surface area contributed by atoms with Gasteiger partial charge in [0.05, 0.1) is 17.8 Å². The minimum Gasteiger partial charge on any atom is -0.444 e. The highest BCUT2D eigenvalue weighted by atomic mass is 19.4. The van der Waals surface area contributed by atoms with Gasteiger partial charge in [-0.15, -0.1) is 23.4 Å². The van der Waals surface area contributed by atoms with E-state index in [9.17, 15) is 40.3 Å². The second-order valence-corrected chi connectivity index (χ2v) is 11.3. The van der Waals surface area contributed by atoms with Crippen molar-refractivity contribution in [2.45, 2.75) is 69.7 Å². The zero-order chi connectivity index (χ0) is 36.0. The molecule has 0 radical (unpaired) electrons. The molecule has 0 aliphatic carbocycles. The van der Waals surface area contributed by atoms with E-state index in [2.05, 4.69) is 19.7 Å². The van der Waals surface area contributed by atoms with Crippen molar-refractivity contribution in [3.05, 3.63) is 59.2 Å². The predicted molar refractivity (Wildman–Crippen MR) is 142 cm³/mol. The molecule has 0 bridgehead atoms. The van der Waals surface area contributed by atoms with Crippen LogP contribution in [0.4, 0.5) is 54.4 Å². The Morgan fingerprint density at radius 3 is 2.21 bits per heavy atom. The third-order valence-electron chi connectivity index (χ3n) is 6.56. The van der Waals surface area contributed by atoms with Crippen molar-refractivity contribution in [3.63, 3.8) is 0 Å². The number of carbonyl (C=O) groups excluding carboxylic acids is 2. The fourth-order valence-electron chi connectivity index (χ4n) is 4.49. The molecule has 10 nitrogen and oxygen atoms in total. The molecule has 2 heterocycles. The molecule has 1 N–H and O–H groups in total. The summed E-state index contributed by atoms with van der Waals surface area (Å²) >= 11 is 0. The first-order valence-corrected chi connectivity index (χ1v) is 13.5. The van der Waals surface area contributed by atoms with Gasteiger partial charge in [0.1, 0.15) is 23.2 Å². The summed E-state index contributed by atoms with van der Waals surface area (Å²) in [5.74, 6) is -15.1. The number of hydrogen-bond acceptors (Lipinski definition) is 8. The van der Waals surface area contributed by atoms with Gasteiger partial charge in [-0.3, -0.25) is 4.79 Å². The Balaban J connectivity index is 1.84. The van der Waals surface area contributed by atoms with Crippen molar-refractivity contribution in [2.75, 3.05) is 12.0 Å². The van der Waals surface area contributed by atoms with Gasteiger partial charge in [-0.05, 0) is 50.6 Å². The van der Waals surface area contributed by atoms with Crippen molar-refractivity contribution in [3.8, 4) is 17.2 Å². The molecule has 0 fully saturated rings. The number of anilines is 1. The Labute approximate surface area is 263 Å². The molecular weight excluding hydrogens is 678 g/mol. The van der Waals surface area contributed by atoms with E-state index in [1.807, 2.05) is 5.32 Å². The third kappa shape index (κ3) is 7.74. The van der Waals surface area contributed by atoms with E-state index in [1.54, 1.807) is 0 Å². The summed E-state index contributed by atoms with van der Waals surface area (Å²) in [4.78, 5) is 26.9. The van der Waals surface area contributed by atoms with Crippen LogP contribution in [0.2, 0.25) is 0 Å². The summed E-state index contributed by atoms with van der Waals surface area (Å²) < 4.78 is 157. The molecule has 0 spiro atoms. The highest BCUT2D eigenvalue weighted by Gasteiger charge is 2.63. The standard InChI is InChI=1S/C28H24F10N4O6/c1-24(2,3)48-23(44)39-18-11-25(30,31)16-10-17(29)15(20-40-41-22(46-20)26(32,45-4)27(33,34)35)9-19(16)42(21(18)43)12-13-5-7-14(8-6-13)47-28(36,37)38/h5-10,18H,11-12H2,1-4H3,(H,39,44)/t18-,26?/m1/s1. The number of nitrogens with zero attached hydrogens (tertiary/aromatic N) is 3. The molecule has 20 heteroatoms. The Morgan fingerprint density at radius 2 is 1.67 bits per heavy atom. The number of alkyl halides is 9. The van der Waals surface area contributed by atoms with E-state index in [0.29, 0.717) is 18.1 Å². The van der Waals surface area contributed by atoms with Crippen LogP contribution in [0, 0.1) is 5.82 Å². The second-order valence-electron chi connectivity index (χ2n) is 11.3. The van der Waals surface area contributed by atoms with E-state index < -0.39 is 101 Å². The molecule has 1 aromatic heterocycles. The smallest absolute Gasteiger partial charge is 0.444 e. The van der Waals surface area contributed by atoms with Gasteiger partial charge in [-0.2, -0.15) is 17.6 Å². The lowest BCUT2D eigenvalue weighted by Crippen LogP contribution is -2.49. The quantitative estimate of drug-likeness (QED) is 0.261. The molecule has 2 atom stereocenters. The highest BCUT2D eigenvalue weighted by molar-refractivity contribution is 6.00. The summed E-state index contributed by atoms with van der Waals surface area (Å²) in [5.41, 5.74) is -3.98. The topological polar surface area (TPSA) is 116 Å². The maximum absolute atomic E-state index is 15.7. The summed E-state index contributed by atoms with van der Waals surface area (Å²) in [6.45, 7) is 3.66. The van der Waals surface area contributed by atoms with Gasteiger partial charge in [0.2, 0.25) is 5.91 Å². The Kier molecular flexibility index (Phi) is 9.39. The molecule has 2 amide bonds. The molecule has 262 valence electrons. The van der Waals surface area contributed by atoms with Crippen LogP contribution in [-0.2, 0) is 32.6 Å². The first-order valence-electron chi connectivity index (χ1n) is 13.5. The number of ether oxygens (including phenoxy) is 3. The van der Waals surface area contributed by atoms with Crippen molar-refractivity contribution in [1.82, 2.24) is 15.5 Å². The monoisotopic (exact) mass is 702 g/mol. The number of fused-ring (bicyclic) bond motifs is 1. The largest absolute Gasteiger partial charge is 0.573 e. The lowest BCUT2D eigenvalue weighted by atomic mass is 9.99. The summed E-state index contributed by atoms with van der Waals surface area (Å²) in [5, 5.41) is 8.15. The van der Waals surface area contributed by atoms with Crippen LogP contribution >= 0.6 is 0 Å². The molecule has 0 saturated carbocycles. The summed E-state index contributed by atoms with van der Waals surface area (Å²) in [6, 6.07) is 2.55. The zero-order valence-corrected chi connectivity index (χ0v) is 25.0. The van der Waals surface area contributed by atoms with Crippen LogP contribution in [0.5, 0.6) is 5.75 Å². The number of rotatable bonds is 7. The molecule has 2 aromatic carbocycles. The van der Waals surface area contributed by atoms with Crippen molar-refractivity contribution < 1.29 is 72.1 Å². The highest BCUT2D eigenvalue weighted by Crippen LogP contribution is 2.47. The van der Waals surface area contributed by atoms with Gasteiger partial charge in [0.25, 0.3) is 17.7 Å². The molecule has 0 saturated heterocycles. The molecule has 4 rings (SSSR count). The van der Waals surface area contributed by atoms with Gasteiger partial charge < -0.3 is 28.8 Å². The van der Waals surface area contributed by atoms with E-state index in [-0.39, 0.29) is 11.6 Å². The number of benzene rings is 2. The number of carbonyl (C=O) groups is 2. The van der Waals surface area contributed by atoms with Crippen LogP contribution < -0.4 is 15.0 Å². The normalized spacial score (nSPS) is 18.1. The number of aromatic nitrogens is 2. The van der Waals surface area contributed by atoms with Crippen molar-refractivity contribution in [1.29, 1.82) is 0 Å². The number of amides is 2. The maximum Gasteiger partial charge on any atom is 0.573 e. The van der Waals surface area contributed by atoms with E-state index in [0.717, 1.165) is 24.3 Å². The fraction of sp³-hybridized carbons (Fsp3) is 0.429. The first-order chi connectivity index (χ1) is 21.9. The molecule has 1 aliphatic rings. The van der Waals surface area contributed by atoms with Crippen LogP contribution in [0.25, 0.3) is 11.5 Å². The molecular formula is C28H24F10N4O6. The Hall–Kier alpha value is -4.62. The Bertz CT molecular complexity index is 1670. The average Bonchev–Trinajstić information content (AvgIpc) is 3.41. The van der Waals surface area contributed by atoms with Crippen LogP contribution in [0.15, 0.2) is 40.8 Å². The fourth-order valence-corrected chi connectivity index (χ4v) is 4.49. The predicted octanol–water partition coefficient (Wildman–Crippen LogP) is 7.03. The lowest BCUT2D eigenvalue weighted by Gasteiger charge is -2.27. The number of halogens is 10. The average molecular weight is 703 g/mol. The first kappa shape index (κ1) is 36.2. The minimum absolute atomic E-state index is 0.0171. The number of nitrogens with one attached hydrogen (secondary N) is 1. The third-order valence-corrected chi connectivity index (χ3v) is 6.56. The lowest BCUT2D eigenvalue weighted by molar-refractivity contribution is -0.341. The van der Waals surface area contributed by atoms with Crippen LogP contribution in [-0.4, -0.2) is 53.5 Å². The zero-order valence-electron chi connectivity index (χ0n) is 25.0. The second kappa shape index (κ2) is 12.4. The molecule has 48 heavy (non-hydrogen) atoms. The van der Waals surface area contributed by atoms with Gasteiger partial charge in [-0.1, -0.05) is 12.1 Å². The number of alkyl carbamates (subject to hydrolysis) is 1. The SMILES string of the molecule is COC(F)(c1nnc(-c2cc3c(cc2F)C(F)(F)C[C@@H](NC(=O)OC(C)(C)C)C(=O)N3Cc2ccc(OC(F)(F)F)cc2)o1)C(F)(F)F. The van der Waals surface area contributed by atoms with E-state index >= 15 is 13.2 Å². The van der Waals surface area contributed by atoms with Gasteiger partial charge in [-0.25, -0.2) is 18.0 Å². The molecule has 1 aliphatic heterocycles. The van der Waals surface area contributed by atoms with Gasteiger partial charge in [0.15, 0.2) is 0 Å². The summed E-state index contributed by atoms with van der Waals surface area (Å²) in [7, 11) is 0.329. The minimum atomic E-state index is -5.75. The van der Waals surface area contributed by atoms with Gasteiger partial charge >= 0.3 is 24.5 Å². The van der Waals surface area contributed by atoms with Gasteiger partial charge in [0, 0.05) is 19.1 Å². The molecule has 3 aromatic rings. The van der Waals surface area contributed by atoms with Crippen molar-refractivity contribution >= 4 is 17.7 Å². The number of hydrogen-bond donors (Lipinski definition) is 1. The number of methoxy groups -OCH3 is 1. The summed E-state index contributed by atoms with van der Waals surface area (Å²) in [6.07, 6.45) is -13.5. The maximum atomic E-state index is 15.7. The van der Waals surface area contributed by atoms with Crippen LogP contribution in [0.3, 0.4) is 0 Å². The molecule has 1 unspecified atom stereocenters. The Morgan fingerprint density at radius 1 is 1.04 bits per heavy atom. The van der Waals surface area contributed by atoms with Crippen molar-refractivity contribution in [2.24, 2.45) is 0 Å². The van der Waals surface area contributed by atoms with Crippen LogP contribution in [0.1, 0.15) is 44.2 Å². The van der Waals surface area contributed by atoms with E-state index in [1.165, 1.54) is 20.8 Å². The van der Waals surface area contributed by atoms with E-state index in [4.69, 9.17) is 9.15 Å².